The summed E-state index contributed by atoms with van der Waals surface area (Å²) in [6, 6.07) is 10.2. The highest BCUT2D eigenvalue weighted by Gasteiger charge is 2.34. The molecule has 0 saturated heterocycles. The monoisotopic (exact) mass is 287 g/mol. The quantitative estimate of drug-likeness (QED) is 0.900. The van der Waals surface area contributed by atoms with Gasteiger partial charge in [0, 0.05) is 7.05 Å². The van der Waals surface area contributed by atoms with Gasteiger partial charge in [-0.1, -0.05) is 44.2 Å². The number of anilines is 1. The summed E-state index contributed by atoms with van der Waals surface area (Å²) < 4.78 is 14.0. The van der Waals surface area contributed by atoms with Crippen molar-refractivity contribution in [1.82, 2.24) is 9.97 Å². The van der Waals surface area contributed by atoms with Gasteiger partial charge in [0.15, 0.2) is 11.6 Å². The molecule has 0 fully saturated rings. The van der Waals surface area contributed by atoms with Gasteiger partial charge >= 0.3 is 0 Å². The second kappa shape index (κ2) is 6.20. The second-order valence-electron chi connectivity index (χ2n) is 5.20. The van der Waals surface area contributed by atoms with Crippen LogP contribution in [0.3, 0.4) is 0 Å². The first-order valence-corrected chi connectivity index (χ1v) is 7.37. The number of nitrogens with zero attached hydrogens (tertiary/aromatic N) is 2. The first-order chi connectivity index (χ1) is 10.1. The van der Waals surface area contributed by atoms with Gasteiger partial charge in [-0.25, -0.2) is 14.4 Å². The van der Waals surface area contributed by atoms with Crippen LogP contribution in [0.2, 0.25) is 0 Å². The standard InChI is InChI=1S/C17H22FN3/c1-5-17(6-2,13-10-8-7-9-11-13)16-20-12(3)14(18)15(19-4)21-16/h7-11H,5-6H2,1-4H3,(H,19,20,21). The summed E-state index contributed by atoms with van der Waals surface area (Å²) in [6.07, 6.45) is 1.73. The Hall–Kier alpha value is -1.97. The van der Waals surface area contributed by atoms with Crippen molar-refractivity contribution in [3.05, 3.63) is 53.2 Å². The Morgan fingerprint density at radius 1 is 1.10 bits per heavy atom. The van der Waals surface area contributed by atoms with Gasteiger partial charge in [-0.05, 0) is 25.3 Å². The summed E-state index contributed by atoms with van der Waals surface area (Å²) in [5.41, 5.74) is 1.26. The maximum atomic E-state index is 14.0. The highest BCUT2D eigenvalue weighted by molar-refractivity contribution is 5.41. The Balaban J connectivity index is 2.66. The average Bonchev–Trinajstić information content (AvgIpc) is 2.53. The van der Waals surface area contributed by atoms with Gasteiger partial charge in [-0.3, -0.25) is 0 Å². The molecule has 1 aromatic heterocycles. The molecule has 3 nitrogen and oxygen atoms in total. The molecule has 0 bridgehead atoms. The predicted octanol–water partition coefficient (Wildman–Crippen LogP) is 4.07. The first-order valence-electron chi connectivity index (χ1n) is 7.37. The minimum atomic E-state index is -0.379. The largest absolute Gasteiger partial charge is 0.371 e. The Morgan fingerprint density at radius 3 is 2.24 bits per heavy atom. The molecule has 2 aromatic rings. The Kier molecular flexibility index (Phi) is 4.56. The van der Waals surface area contributed by atoms with E-state index in [9.17, 15) is 4.39 Å². The Morgan fingerprint density at radius 2 is 1.71 bits per heavy atom. The van der Waals surface area contributed by atoms with Crippen molar-refractivity contribution in [2.24, 2.45) is 0 Å². The molecular formula is C17H22FN3. The molecule has 0 unspecified atom stereocenters. The highest BCUT2D eigenvalue weighted by atomic mass is 19.1. The van der Waals surface area contributed by atoms with Crippen LogP contribution in [0.15, 0.2) is 30.3 Å². The van der Waals surface area contributed by atoms with Crippen LogP contribution in [-0.4, -0.2) is 17.0 Å². The predicted molar refractivity (Wildman–Crippen MR) is 84.1 cm³/mol. The molecule has 4 heteroatoms. The van der Waals surface area contributed by atoms with Crippen LogP contribution < -0.4 is 5.32 Å². The second-order valence-corrected chi connectivity index (χ2v) is 5.20. The summed E-state index contributed by atoms with van der Waals surface area (Å²) in [5, 5.41) is 2.82. The minimum Gasteiger partial charge on any atom is -0.371 e. The van der Waals surface area contributed by atoms with E-state index >= 15 is 0 Å². The van der Waals surface area contributed by atoms with Crippen molar-refractivity contribution in [1.29, 1.82) is 0 Å². The lowest BCUT2D eigenvalue weighted by atomic mass is 9.75. The Bertz CT molecular complexity index is 607. The van der Waals surface area contributed by atoms with E-state index in [-0.39, 0.29) is 17.1 Å². The molecule has 1 aromatic carbocycles. The summed E-state index contributed by atoms with van der Waals surface area (Å²) in [5.74, 6) is 0.567. The van der Waals surface area contributed by atoms with E-state index in [1.165, 1.54) is 5.56 Å². The number of rotatable bonds is 5. The van der Waals surface area contributed by atoms with Gasteiger partial charge in [0.1, 0.15) is 5.82 Å². The van der Waals surface area contributed by atoms with E-state index in [1.807, 2.05) is 18.2 Å². The topological polar surface area (TPSA) is 37.8 Å². The number of hydrogen-bond donors (Lipinski definition) is 1. The van der Waals surface area contributed by atoms with Crippen LogP contribution in [0.1, 0.15) is 43.8 Å². The molecule has 0 saturated carbocycles. The fourth-order valence-electron chi connectivity index (χ4n) is 2.80. The molecule has 112 valence electrons. The van der Waals surface area contributed by atoms with Crippen LogP contribution in [-0.2, 0) is 5.41 Å². The third-order valence-corrected chi connectivity index (χ3v) is 4.22. The highest BCUT2D eigenvalue weighted by Crippen LogP contribution is 2.37. The molecule has 0 atom stereocenters. The lowest BCUT2D eigenvalue weighted by molar-refractivity contribution is 0.443. The molecule has 0 spiro atoms. The van der Waals surface area contributed by atoms with E-state index in [0.29, 0.717) is 11.5 Å². The molecule has 0 aliphatic rings. The fourth-order valence-corrected chi connectivity index (χ4v) is 2.80. The lowest BCUT2D eigenvalue weighted by Crippen LogP contribution is -2.29. The minimum absolute atomic E-state index is 0.264. The zero-order valence-corrected chi connectivity index (χ0v) is 13.1. The van der Waals surface area contributed by atoms with Crippen LogP contribution >= 0.6 is 0 Å². The molecule has 1 heterocycles. The Labute approximate surface area is 125 Å². The summed E-state index contributed by atoms with van der Waals surface area (Å²) >= 11 is 0. The molecule has 0 aliphatic carbocycles. The van der Waals surface area contributed by atoms with Crippen molar-refractivity contribution in [2.75, 3.05) is 12.4 Å². The van der Waals surface area contributed by atoms with Crippen LogP contribution in [0, 0.1) is 12.7 Å². The van der Waals surface area contributed by atoms with Crippen molar-refractivity contribution in [3.63, 3.8) is 0 Å². The van der Waals surface area contributed by atoms with Crippen molar-refractivity contribution in [3.8, 4) is 0 Å². The molecule has 0 amide bonds. The number of hydrogen-bond acceptors (Lipinski definition) is 3. The van der Waals surface area contributed by atoms with Crippen molar-refractivity contribution in [2.45, 2.75) is 39.0 Å². The first kappa shape index (κ1) is 15.4. The van der Waals surface area contributed by atoms with E-state index in [0.717, 1.165) is 12.8 Å². The third kappa shape index (κ3) is 2.62. The van der Waals surface area contributed by atoms with E-state index in [2.05, 4.69) is 41.3 Å². The lowest BCUT2D eigenvalue weighted by Gasteiger charge is -2.31. The number of aryl methyl sites for hydroxylation is 1. The maximum Gasteiger partial charge on any atom is 0.186 e. The molecule has 21 heavy (non-hydrogen) atoms. The summed E-state index contributed by atoms with van der Waals surface area (Å²) in [6.45, 7) is 5.93. The van der Waals surface area contributed by atoms with Gasteiger partial charge in [-0.15, -0.1) is 0 Å². The van der Waals surface area contributed by atoms with Crippen LogP contribution in [0.4, 0.5) is 10.2 Å². The van der Waals surface area contributed by atoms with Gasteiger partial charge in [0.2, 0.25) is 0 Å². The van der Waals surface area contributed by atoms with Crippen LogP contribution in [0.25, 0.3) is 0 Å². The maximum absolute atomic E-state index is 14.0. The zero-order chi connectivity index (χ0) is 15.5. The molecule has 0 radical (unpaired) electrons. The normalized spacial score (nSPS) is 11.5. The zero-order valence-electron chi connectivity index (χ0n) is 13.1. The average molecular weight is 287 g/mol. The SMILES string of the molecule is CCC(CC)(c1ccccc1)c1nc(C)c(F)c(NC)n1. The van der Waals surface area contributed by atoms with E-state index in [1.54, 1.807) is 14.0 Å². The molecular weight excluding hydrogens is 265 g/mol. The number of nitrogens with one attached hydrogen (secondary N) is 1. The third-order valence-electron chi connectivity index (χ3n) is 4.22. The number of aromatic nitrogens is 2. The van der Waals surface area contributed by atoms with Gasteiger partial charge in [0.25, 0.3) is 0 Å². The molecule has 1 N–H and O–H groups in total. The summed E-state index contributed by atoms with van der Waals surface area (Å²) in [7, 11) is 1.68. The van der Waals surface area contributed by atoms with Crippen LogP contribution in [0.5, 0.6) is 0 Å². The number of halogens is 1. The van der Waals surface area contributed by atoms with Crippen molar-refractivity contribution < 1.29 is 4.39 Å². The number of benzene rings is 1. The fraction of sp³-hybridized carbons (Fsp3) is 0.412. The van der Waals surface area contributed by atoms with Gasteiger partial charge in [-0.2, -0.15) is 0 Å². The molecule has 2 rings (SSSR count). The van der Waals surface area contributed by atoms with E-state index in [4.69, 9.17) is 0 Å². The smallest absolute Gasteiger partial charge is 0.186 e. The van der Waals surface area contributed by atoms with Gasteiger partial charge < -0.3 is 5.32 Å². The van der Waals surface area contributed by atoms with E-state index < -0.39 is 0 Å². The molecule has 0 aliphatic heterocycles. The van der Waals surface area contributed by atoms with Gasteiger partial charge in [0.05, 0.1) is 11.1 Å². The van der Waals surface area contributed by atoms with Crippen molar-refractivity contribution >= 4 is 5.82 Å². The summed E-state index contributed by atoms with van der Waals surface area (Å²) in [4.78, 5) is 8.89.